The number of methoxy groups -OCH3 is 1. The van der Waals surface area contributed by atoms with Crippen LogP contribution in [0.1, 0.15) is 32.5 Å². The summed E-state index contributed by atoms with van der Waals surface area (Å²) in [6.07, 6.45) is 1.96. The number of nitrogens with zero attached hydrogens (tertiary/aromatic N) is 3. The highest BCUT2D eigenvalue weighted by Gasteiger charge is 2.11. The summed E-state index contributed by atoms with van der Waals surface area (Å²) in [6.45, 7) is 7.96. The third-order valence-corrected chi connectivity index (χ3v) is 2.61. The molecule has 0 aromatic carbocycles. The summed E-state index contributed by atoms with van der Waals surface area (Å²) in [6, 6.07) is 2.35. The minimum Gasteiger partial charge on any atom is -0.468 e. The third-order valence-electron chi connectivity index (χ3n) is 2.61. The maximum Gasteiger partial charge on any atom is 0.319 e. The van der Waals surface area contributed by atoms with Gasteiger partial charge in [-0.05, 0) is 26.5 Å². The standard InChI is InChI=1S/C12H21N3O2/c1-5-14(9-12(16)17-4)8-11-6-7-15(13-11)10(2)3/h6-7,10H,5,8-9H2,1-4H3. The van der Waals surface area contributed by atoms with Gasteiger partial charge in [0.1, 0.15) is 0 Å². The average Bonchev–Trinajstić information content (AvgIpc) is 2.76. The first kappa shape index (κ1) is 13.7. The van der Waals surface area contributed by atoms with E-state index in [4.69, 9.17) is 0 Å². The summed E-state index contributed by atoms with van der Waals surface area (Å²) in [5, 5.41) is 4.45. The highest BCUT2D eigenvalue weighted by molar-refractivity contribution is 5.71. The molecule has 1 rings (SSSR count). The summed E-state index contributed by atoms with van der Waals surface area (Å²) in [5.74, 6) is -0.213. The zero-order valence-electron chi connectivity index (χ0n) is 11.0. The zero-order chi connectivity index (χ0) is 12.8. The molecule has 1 heterocycles. The Labute approximate surface area is 102 Å². The monoisotopic (exact) mass is 239 g/mol. The van der Waals surface area contributed by atoms with Gasteiger partial charge >= 0.3 is 5.97 Å². The van der Waals surface area contributed by atoms with E-state index in [0.717, 1.165) is 12.2 Å². The molecule has 1 aromatic heterocycles. The maximum absolute atomic E-state index is 11.2. The van der Waals surface area contributed by atoms with Crippen molar-refractivity contribution in [3.8, 4) is 0 Å². The largest absolute Gasteiger partial charge is 0.468 e. The molecule has 0 aliphatic heterocycles. The van der Waals surface area contributed by atoms with Gasteiger partial charge in [0.15, 0.2) is 0 Å². The van der Waals surface area contributed by atoms with E-state index >= 15 is 0 Å². The summed E-state index contributed by atoms with van der Waals surface area (Å²) in [7, 11) is 1.41. The van der Waals surface area contributed by atoms with Crippen molar-refractivity contribution < 1.29 is 9.53 Å². The van der Waals surface area contributed by atoms with Crippen LogP contribution in [0.2, 0.25) is 0 Å². The molecule has 5 heteroatoms. The molecule has 0 atom stereocenters. The number of esters is 1. The van der Waals surface area contributed by atoms with Gasteiger partial charge in [0.25, 0.3) is 0 Å². The van der Waals surface area contributed by atoms with Crippen LogP contribution in [0.5, 0.6) is 0 Å². The predicted octanol–water partition coefficient (Wildman–Crippen LogP) is 1.46. The molecule has 17 heavy (non-hydrogen) atoms. The van der Waals surface area contributed by atoms with Gasteiger partial charge < -0.3 is 4.74 Å². The number of ether oxygens (including phenoxy) is 1. The quantitative estimate of drug-likeness (QED) is 0.705. The number of carbonyl (C=O) groups excluding carboxylic acids is 1. The van der Waals surface area contributed by atoms with E-state index in [1.807, 2.05) is 28.8 Å². The van der Waals surface area contributed by atoms with Crippen LogP contribution in [0.15, 0.2) is 12.3 Å². The molecule has 0 unspecified atom stereocenters. The number of rotatable bonds is 6. The van der Waals surface area contributed by atoms with Crippen LogP contribution in [0.4, 0.5) is 0 Å². The van der Waals surface area contributed by atoms with Crippen LogP contribution in [-0.2, 0) is 16.1 Å². The topological polar surface area (TPSA) is 47.4 Å². The summed E-state index contributed by atoms with van der Waals surface area (Å²) >= 11 is 0. The van der Waals surface area contributed by atoms with Gasteiger partial charge in [0.2, 0.25) is 0 Å². The Morgan fingerprint density at radius 2 is 2.29 bits per heavy atom. The van der Waals surface area contributed by atoms with Crippen molar-refractivity contribution in [3.05, 3.63) is 18.0 Å². The van der Waals surface area contributed by atoms with Crippen LogP contribution < -0.4 is 0 Å². The highest BCUT2D eigenvalue weighted by Crippen LogP contribution is 2.06. The lowest BCUT2D eigenvalue weighted by atomic mass is 10.3. The van der Waals surface area contributed by atoms with Crippen LogP contribution in [0.25, 0.3) is 0 Å². The van der Waals surface area contributed by atoms with Gasteiger partial charge in [-0.1, -0.05) is 6.92 Å². The number of carbonyl (C=O) groups is 1. The van der Waals surface area contributed by atoms with E-state index in [2.05, 4.69) is 23.7 Å². The first-order valence-electron chi connectivity index (χ1n) is 5.90. The Balaban J connectivity index is 2.57. The number of hydrogen-bond acceptors (Lipinski definition) is 4. The number of aromatic nitrogens is 2. The smallest absolute Gasteiger partial charge is 0.319 e. The third kappa shape index (κ3) is 4.19. The minimum absolute atomic E-state index is 0.213. The molecule has 0 saturated carbocycles. The molecule has 1 aromatic rings. The Morgan fingerprint density at radius 1 is 1.59 bits per heavy atom. The zero-order valence-corrected chi connectivity index (χ0v) is 11.0. The van der Waals surface area contributed by atoms with E-state index in [1.54, 1.807) is 0 Å². The van der Waals surface area contributed by atoms with E-state index in [-0.39, 0.29) is 5.97 Å². The summed E-state index contributed by atoms with van der Waals surface area (Å²) < 4.78 is 6.58. The van der Waals surface area contributed by atoms with Crippen LogP contribution >= 0.6 is 0 Å². The van der Waals surface area contributed by atoms with E-state index in [9.17, 15) is 4.79 Å². The summed E-state index contributed by atoms with van der Waals surface area (Å²) in [5.41, 5.74) is 0.976. The van der Waals surface area contributed by atoms with E-state index in [0.29, 0.717) is 19.1 Å². The van der Waals surface area contributed by atoms with Crippen LogP contribution in [0, 0.1) is 0 Å². The highest BCUT2D eigenvalue weighted by atomic mass is 16.5. The lowest BCUT2D eigenvalue weighted by Crippen LogP contribution is -2.30. The number of hydrogen-bond donors (Lipinski definition) is 0. The van der Waals surface area contributed by atoms with Crippen molar-refractivity contribution in [2.75, 3.05) is 20.2 Å². The van der Waals surface area contributed by atoms with Crippen LogP contribution in [-0.4, -0.2) is 40.8 Å². The average molecular weight is 239 g/mol. The van der Waals surface area contributed by atoms with Gasteiger partial charge in [0.05, 0.1) is 19.3 Å². The molecule has 0 bridgehead atoms. The van der Waals surface area contributed by atoms with Crippen molar-refractivity contribution in [3.63, 3.8) is 0 Å². The summed E-state index contributed by atoms with van der Waals surface area (Å²) in [4.78, 5) is 13.2. The molecule has 0 aliphatic carbocycles. The fraction of sp³-hybridized carbons (Fsp3) is 0.667. The second-order valence-electron chi connectivity index (χ2n) is 4.26. The van der Waals surface area contributed by atoms with E-state index in [1.165, 1.54) is 7.11 Å². The molecular weight excluding hydrogens is 218 g/mol. The Hall–Kier alpha value is -1.36. The molecule has 0 saturated heterocycles. The van der Waals surface area contributed by atoms with Gasteiger partial charge in [0, 0.05) is 18.8 Å². The van der Waals surface area contributed by atoms with Crippen molar-refractivity contribution in [2.45, 2.75) is 33.4 Å². The second-order valence-corrected chi connectivity index (χ2v) is 4.26. The van der Waals surface area contributed by atoms with Crippen molar-refractivity contribution in [2.24, 2.45) is 0 Å². The molecule has 0 N–H and O–H groups in total. The van der Waals surface area contributed by atoms with Crippen LogP contribution in [0.3, 0.4) is 0 Å². The first-order valence-corrected chi connectivity index (χ1v) is 5.90. The fourth-order valence-electron chi connectivity index (χ4n) is 1.51. The first-order chi connectivity index (χ1) is 8.06. The normalized spacial score (nSPS) is 11.2. The lowest BCUT2D eigenvalue weighted by molar-refractivity contribution is -0.142. The number of likely N-dealkylation sites (N-methyl/N-ethyl adjacent to an activating group) is 1. The molecule has 5 nitrogen and oxygen atoms in total. The van der Waals surface area contributed by atoms with Gasteiger partial charge in [-0.2, -0.15) is 5.10 Å². The molecule has 0 fully saturated rings. The van der Waals surface area contributed by atoms with Crippen molar-refractivity contribution in [1.29, 1.82) is 0 Å². The van der Waals surface area contributed by atoms with Crippen molar-refractivity contribution >= 4 is 5.97 Å². The lowest BCUT2D eigenvalue weighted by Gasteiger charge is -2.17. The van der Waals surface area contributed by atoms with Crippen molar-refractivity contribution in [1.82, 2.24) is 14.7 Å². The molecule has 96 valence electrons. The molecular formula is C12H21N3O2. The van der Waals surface area contributed by atoms with E-state index < -0.39 is 0 Å². The van der Waals surface area contributed by atoms with Gasteiger partial charge in [-0.3, -0.25) is 14.4 Å². The molecule has 0 amide bonds. The second kappa shape index (κ2) is 6.39. The SMILES string of the molecule is CCN(CC(=O)OC)Cc1ccn(C(C)C)n1. The molecule has 0 aliphatic rings. The predicted molar refractivity (Wildman–Crippen MR) is 65.6 cm³/mol. The Bertz CT molecular complexity index is 360. The molecule has 0 spiro atoms. The fourth-order valence-corrected chi connectivity index (χ4v) is 1.51. The maximum atomic E-state index is 11.2. The Kier molecular flexibility index (Phi) is 5.15. The molecule has 0 radical (unpaired) electrons. The Morgan fingerprint density at radius 3 is 2.76 bits per heavy atom. The van der Waals surface area contributed by atoms with Gasteiger partial charge in [-0.15, -0.1) is 0 Å². The van der Waals surface area contributed by atoms with Gasteiger partial charge in [-0.25, -0.2) is 0 Å². The minimum atomic E-state index is -0.213.